The molecule has 0 N–H and O–H groups in total. The molecule has 3 aromatic rings. The van der Waals surface area contributed by atoms with Crippen LogP contribution in [0, 0.1) is 6.92 Å². The van der Waals surface area contributed by atoms with Gasteiger partial charge in [0.2, 0.25) is 0 Å². The molecule has 0 aliphatic rings. The van der Waals surface area contributed by atoms with E-state index < -0.39 is 0 Å². The molecular weight excluding hydrogens is 226 g/mol. The zero-order chi connectivity index (χ0) is 12.5. The molecule has 0 fully saturated rings. The van der Waals surface area contributed by atoms with Crippen molar-refractivity contribution in [3.63, 3.8) is 0 Å². The molecule has 3 rings (SSSR count). The molecular formula is C15H11NO2. The standard InChI is InChI=1S/C15H11NO2/c1-10-4-2-3-5-12(10)13-8-11-9-16-7-6-14(11)18-15(13)17/h2-9H,1H3. The van der Waals surface area contributed by atoms with Crippen molar-refractivity contribution in [1.82, 2.24) is 4.98 Å². The van der Waals surface area contributed by atoms with Crippen LogP contribution >= 0.6 is 0 Å². The van der Waals surface area contributed by atoms with Crippen LogP contribution in [-0.2, 0) is 0 Å². The van der Waals surface area contributed by atoms with Gasteiger partial charge in [-0.15, -0.1) is 0 Å². The van der Waals surface area contributed by atoms with Crippen LogP contribution in [0.4, 0.5) is 0 Å². The number of rotatable bonds is 1. The maximum Gasteiger partial charge on any atom is 0.344 e. The van der Waals surface area contributed by atoms with Crippen LogP contribution in [0.5, 0.6) is 0 Å². The van der Waals surface area contributed by atoms with Crippen LogP contribution in [0.3, 0.4) is 0 Å². The van der Waals surface area contributed by atoms with Crippen LogP contribution in [0.15, 0.2) is 58.0 Å². The van der Waals surface area contributed by atoms with Crippen molar-refractivity contribution in [3.8, 4) is 11.1 Å². The number of nitrogens with zero attached hydrogens (tertiary/aromatic N) is 1. The number of benzene rings is 1. The minimum absolute atomic E-state index is 0.317. The second-order valence-electron chi connectivity index (χ2n) is 4.18. The van der Waals surface area contributed by atoms with Gasteiger partial charge in [0.05, 0.1) is 5.56 Å². The third-order valence-electron chi connectivity index (χ3n) is 2.97. The predicted octanol–water partition coefficient (Wildman–Crippen LogP) is 3.16. The Morgan fingerprint density at radius 2 is 1.94 bits per heavy atom. The van der Waals surface area contributed by atoms with Gasteiger partial charge in [-0.3, -0.25) is 4.98 Å². The molecule has 0 bridgehead atoms. The van der Waals surface area contributed by atoms with E-state index in [9.17, 15) is 4.79 Å². The molecule has 0 radical (unpaired) electrons. The van der Waals surface area contributed by atoms with E-state index in [-0.39, 0.29) is 5.63 Å². The first-order chi connectivity index (χ1) is 8.75. The summed E-state index contributed by atoms with van der Waals surface area (Å²) in [7, 11) is 0. The Bertz CT molecular complexity index is 775. The molecule has 0 amide bonds. The highest BCUT2D eigenvalue weighted by atomic mass is 16.4. The summed E-state index contributed by atoms with van der Waals surface area (Å²) in [5.74, 6) is 0. The Morgan fingerprint density at radius 3 is 2.78 bits per heavy atom. The van der Waals surface area contributed by atoms with Crippen molar-refractivity contribution in [3.05, 3.63) is 64.8 Å². The number of fused-ring (bicyclic) bond motifs is 1. The van der Waals surface area contributed by atoms with Crippen molar-refractivity contribution in [2.45, 2.75) is 6.92 Å². The molecule has 88 valence electrons. The molecule has 0 spiro atoms. The highest BCUT2D eigenvalue weighted by Crippen LogP contribution is 2.23. The second-order valence-corrected chi connectivity index (χ2v) is 4.18. The number of pyridine rings is 1. The lowest BCUT2D eigenvalue weighted by Gasteiger charge is -2.05. The maximum absolute atomic E-state index is 12.0. The number of aryl methyl sites for hydroxylation is 1. The Morgan fingerprint density at radius 1 is 1.11 bits per heavy atom. The molecule has 18 heavy (non-hydrogen) atoms. The summed E-state index contributed by atoms with van der Waals surface area (Å²) < 4.78 is 5.31. The number of aromatic nitrogens is 1. The first-order valence-corrected chi connectivity index (χ1v) is 5.69. The molecule has 3 nitrogen and oxygen atoms in total. The summed E-state index contributed by atoms with van der Waals surface area (Å²) in [6, 6.07) is 11.3. The summed E-state index contributed by atoms with van der Waals surface area (Å²) >= 11 is 0. The minimum Gasteiger partial charge on any atom is -0.422 e. The van der Waals surface area contributed by atoms with Crippen LogP contribution in [0.2, 0.25) is 0 Å². The largest absolute Gasteiger partial charge is 0.422 e. The molecule has 2 heterocycles. The van der Waals surface area contributed by atoms with Gasteiger partial charge < -0.3 is 4.42 Å². The smallest absolute Gasteiger partial charge is 0.344 e. The Balaban J connectivity index is 2.33. The lowest BCUT2D eigenvalue weighted by molar-refractivity contribution is 0.563. The van der Waals surface area contributed by atoms with E-state index in [1.165, 1.54) is 0 Å². The van der Waals surface area contributed by atoms with Crippen molar-refractivity contribution in [2.75, 3.05) is 0 Å². The average Bonchev–Trinajstić information content (AvgIpc) is 2.39. The zero-order valence-corrected chi connectivity index (χ0v) is 9.88. The summed E-state index contributed by atoms with van der Waals surface area (Å²) in [5.41, 5.74) is 2.77. The van der Waals surface area contributed by atoms with Gasteiger partial charge in [0.15, 0.2) is 0 Å². The fourth-order valence-corrected chi connectivity index (χ4v) is 2.03. The fraction of sp³-hybridized carbons (Fsp3) is 0.0667. The Kier molecular flexibility index (Phi) is 2.45. The molecule has 0 saturated heterocycles. The second kappa shape index (κ2) is 4.11. The molecule has 2 aromatic heterocycles. The van der Waals surface area contributed by atoms with Gasteiger partial charge in [0, 0.05) is 17.8 Å². The van der Waals surface area contributed by atoms with Crippen molar-refractivity contribution in [1.29, 1.82) is 0 Å². The highest BCUT2D eigenvalue weighted by molar-refractivity contribution is 5.81. The van der Waals surface area contributed by atoms with Gasteiger partial charge in [-0.05, 0) is 30.2 Å². The lowest BCUT2D eigenvalue weighted by Crippen LogP contribution is -2.03. The number of hydrogen-bond acceptors (Lipinski definition) is 3. The van der Waals surface area contributed by atoms with Crippen molar-refractivity contribution >= 4 is 11.0 Å². The molecule has 0 unspecified atom stereocenters. The molecule has 0 saturated carbocycles. The monoisotopic (exact) mass is 237 g/mol. The van der Waals surface area contributed by atoms with Gasteiger partial charge in [0.25, 0.3) is 0 Å². The van der Waals surface area contributed by atoms with Crippen molar-refractivity contribution < 1.29 is 4.42 Å². The van der Waals surface area contributed by atoms with Gasteiger partial charge in [-0.2, -0.15) is 0 Å². The van der Waals surface area contributed by atoms with Gasteiger partial charge in [0.1, 0.15) is 5.58 Å². The summed E-state index contributed by atoms with van der Waals surface area (Å²) in [5, 5.41) is 0.829. The lowest BCUT2D eigenvalue weighted by atomic mass is 10.0. The van der Waals surface area contributed by atoms with Gasteiger partial charge >= 0.3 is 5.63 Å². The quantitative estimate of drug-likeness (QED) is 0.653. The van der Waals surface area contributed by atoms with Crippen LogP contribution in [-0.4, -0.2) is 4.98 Å². The average molecular weight is 237 g/mol. The third-order valence-corrected chi connectivity index (χ3v) is 2.97. The maximum atomic E-state index is 12.0. The van der Waals surface area contributed by atoms with Crippen LogP contribution in [0.1, 0.15) is 5.56 Å². The van der Waals surface area contributed by atoms with E-state index >= 15 is 0 Å². The Hall–Kier alpha value is -2.42. The van der Waals surface area contributed by atoms with E-state index in [0.717, 1.165) is 16.5 Å². The molecule has 0 aliphatic heterocycles. The van der Waals surface area contributed by atoms with E-state index in [1.54, 1.807) is 18.5 Å². The SMILES string of the molecule is Cc1ccccc1-c1cc2cnccc2oc1=O. The van der Waals surface area contributed by atoms with E-state index in [2.05, 4.69) is 4.98 Å². The molecule has 0 aliphatic carbocycles. The predicted molar refractivity (Wildman–Crippen MR) is 70.5 cm³/mol. The third kappa shape index (κ3) is 1.70. The Labute approximate surface area is 104 Å². The fourth-order valence-electron chi connectivity index (χ4n) is 2.03. The summed E-state index contributed by atoms with van der Waals surface area (Å²) in [4.78, 5) is 16.0. The van der Waals surface area contributed by atoms with Crippen LogP contribution in [0.25, 0.3) is 22.1 Å². The molecule has 1 aromatic carbocycles. The normalized spacial score (nSPS) is 10.7. The number of hydrogen-bond donors (Lipinski definition) is 0. The first kappa shape index (κ1) is 10.7. The van der Waals surface area contributed by atoms with E-state index in [1.807, 2.05) is 37.3 Å². The highest BCUT2D eigenvalue weighted by Gasteiger charge is 2.09. The van der Waals surface area contributed by atoms with E-state index in [0.29, 0.717) is 11.1 Å². The van der Waals surface area contributed by atoms with Crippen LogP contribution < -0.4 is 5.63 Å². The van der Waals surface area contributed by atoms with Gasteiger partial charge in [-0.25, -0.2) is 4.79 Å². The van der Waals surface area contributed by atoms with Gasteiger partial charge in [-0.1, -0.05) is 24.3 Å². The van der Waals surface area contributed by atoms with E-state index in [4.69, 9.17) is 4.42 Å². The molecule has 3 heteroatoms. The summed E-state index contributed by atoms with van der Waals surface area (Å²) in [6.45, 7) is 1.97. The molecule has 0 atom stereocenters. The minimum atomic E-state index is -0.317. The van der Waals surface area contributed by atoms with Crippen molar-refractivity contribution in [2.24, 2.45) is 0 Å². The first-order valence-electron chi connectivity index (χ1n) is 5.69. The zero-order valence-electron chi connectivity index (χ0n) is 9.88. The topological polar surface area (TPSA) is 43.1 Å². The summed E-state index contributed by atoms with van der Waals surface area (Å²) in [6.07, 6.45) is 3.30.